The summed E-state index contributed by atoms with van der Waals surface area (Å²) in [5.41, 5.74) is 13.8. The lowest BCUT2D eigenvalue weighted by Crippen LogP contribution is -2.43. The summed E-state index contributed by atoms with van der Waals surface area (Å²) in [4.78, 5) is 14.8. The fourth-order valence-electron chi connectivity index (χ4n) is 2.78. The number of nitroso groups, excluding NO2 is 1. The van der Waals surface area contributed by atoms with E-state index in [1.165, 1.54) is 0 Å². The first-order valence-corrected chi connectivity index (χ1v) is 10.3. The van der Waals surface area contributed by atoms with Gasteiger partial charge in [-0.05, 0) is 31.4 Å². The van der Waals surface area contributed by atoms with Crippen molar-refractivity contribution in [2.45, 2.75) is 50.3 Å². The number of rotatable bonds is 9. The van der Waals surface area contributed by atoms with Crippen LogP contribution in [0.4, 0.5) is 0 Å². The first-order chi connectivity index (χ1) is 12.1. The fourth-order valence-corrected chi connectivity index (χ4v) is 4.61. The van der Waals surface area contributed by atoms with Gasteiger partial charge in [0.25, 0.3) is 0 Å². The van der Waals surface area contributed by atoms with Crippen LogP contribution in [0.3, 0.4) is 0 Å². The molecule has 0 spiro atoms. The lowest BCUT2D eigenvalue weighted by Gasteiger charge is -2.30. The van der Waals surface area contributed by atoms with E-state index >= 15 is 0 Å². The maximum atomic E-state index is 10.1. The second-order valence-electron chi connectivity index (χ2n) is 5.83. The van der Waals surface area contributed by atoms with E-state index in [2.05, 4.69) is 45.4 Å². The molecule has 1 aliphatic carbocycles. The Hall–Kier alpha value is -0.950. The first-order valence-electron chi connectivity index (χ1n) is 8.29. The molecule has 3 atom stereocenters. The van der Waals surface area contributed by atoms with E-state index in [-0.39, 0.29) is 24.2 Å². The van der Waals surface area contributed by atoms with Crippen molar-refractivity contribution in [3.8, 4) is 0 Å². The summed E-state index contributed by atoms with van der Waals surface area (Å²) in [6, 6.07) is 0.205. The number of nitrogens with two attached hydrogens (primary N) is 1. The van der Waals surface area contributed by atoms with E-state index in [9.17, 15) is 4.91 Å². The maximum Gasteiger partial charge on any atom is 0.188 e. The molecule has 1 aliphatic heterocycles. The monoisotopic (exact) mass is 481 g/mol. The SMILES string of the molecule is CCCSC1N=C(N[C@H]2CC[C@@H](OCCN=O)C2)C(N)=C(N=N)N1I. The van der Waals surface area contributed by atoms with Crippen LogP contribution in [0.2, 0.25) is 0 Å². The van der Waals surface area contributed by atoms with Crippen LogP contribution in [0.1, 0.15) is 32.6 Å². The number of hydrogen-bond donors (Lipinski definition) is 3. The van der Waals surface area contributed by atoms with Gasteiger partial charge in [0.1, 0.15) is 12.2 Å². The van der Waals surface area contributed by atoms with Gasteiger partial charge in [-0.3, -0.25) is 3.11 Å². The minimum absolute atomic E-state index is 0.125. The summed E-state index contributed by atoms with van der Waals surface area (Å²) in [5, 5.41) is 9.78. The molecule has 0 saturated heterocycles. The summed E-state index contributed by atoms with van der Waals surface area (Å²) >= 11 is 3.80. The van der Waals surface area contributed by atoms with Crippen molar-refractivity contribution in [3.05, 3.63) is 16.4 Å². The Kier molecular flexibility index (Phi) is 8.36. The van der Waals surface area contributed by atoms with E-state index in [1.54, 1.807) is 14.9 Å². The Bertz CT molecular complexity index is 545. The number of nitrogens with one attached hydrogen (secondary N) is 2. The molecule has 1 heterocycles. The Morgan fingerprint density at radius 3 is 3.04 bits per heavy atom. The largest absolute Gasteiger partial charge is 0.393 e. The van der Waals surface area contributed by atoms with Gasteiger partial charge in [-0.25, -0.2) is 10.5 Å². The second kappa shape index (κ2) is 10.3. The van der Waals surface area contributed by atoms with E-state index < -0.39 is 0 Å². The predicted molar refractivity (Wildman–Crippen MR) is 107 cm³/mol. The zero-order chi connectivity index (χ0) is 18.2. The van der Waals surface area contributed by atoms with Crippen LogP contribution in [0.5, 0.6) is 0 Å². The van der Waals surface area contributed by atoms with Crippen molar-refractivity contribution in [2.75, 3.05) is 18.9 Å². The Morgan fingerprint density at radius 2 is 2.36 bits per heavy atom. The molecule has 1 unspecified atom stereocenters. The van der Waals surface area contributed by atoms with Gasteiger partial charge in [-0.1, -0.05) is 12.1 Å². The Morgan fingerprint density at radius 1 is 1.56 bits per heavy atom. The van der Waals surface area contributed by atoms with E-state index in [1.807, 2.05) is 0 Å². The molecule has 2 aliphatic rings. The number of halogens is 1. The lowest BCUT2D eigenvalue weighted by molar-refractivity contribution is 0.0629. The number of amidine groups is 1. The molecule has 9 nitrogen and oxygen atoms in total. The molecule has 1 fully saturated rings. The van der Waals surface area contributed by atoms with Crippen molar-refractivity contribution >= 4 is 40.5 Å². The molecule has 4 N–H and O–H groups in total. The number of hydrogen-bond acceptors (Lipinski definition) is 10. The number of ether oxygens (including phenoxy) is 1. The molecule has 2 rings (SSSR count). The highest BCUT2D eigenvalue weighted by atomic mass is 127. The number of aliphatic imine (C=N–C) groups is 1. The van der Waals surface area contributed by atoms with E-state index in [0.29, 0.717) is 24.0 Å². The molecule has 0 radical (unpaired) electrons. The van der Waals surface area contributed by atoms with Gasteiger partial charge in [0.2, 0.25) is 0 Å². The Balaban J connectivity index is 1.99. The quantitative estimate of drug-likeness (QED) is 0.153. The normalized spacial score (nSPS) is 26.6. The van der Waals surface area contributed by atoms with Crippen LogP contribution in [0.15, 0.2) is 26.8 Å². The topological polar surface area (TPSA) is 129 Å². The standard InChI is InChI=1S/C14H24IN7O2S/c1-2-7-25-14-20-12(11(16)13(21-17)22(14)15)19-9-3-4-10(8-9)24-6-5-18-23/h9-10,14,17H,2-8,16H2,1H3,(H,19,20)/t9-,10+,14?/m0/s1. The zero-order valence-electron chi connectivity index (χ0n) is 14.2. The number of thioether (sulfide) groups is 1. The van der Waals surface area contributed by atoms with Gasteiger partial charge in [0, 0.05) is 6.04 Å². The summed E-state index contributed by atoms with van der Waals surface area (Å²) in [6.45, 7) is 2.67. The van der Waals surface area contributed by atoms with Crippen molar-refractivity contribution < 1.29 is 4.74 Å². The maximum absolute atomic E-state index is 10.1. The van der Waals surface area contributed by atoms with Crippen molar-refractivity contribution in [1.82, 2.24) is 8.43 Å². The molecule has 0 amide bonds. The van der Waals surface area contributed by atoms with Crippen LogP contribution in [-0.2, 0) is 4.74 Å². The van der Waals surface area contributed by atoms with Gasteiger partial charge >= 0.3 is 0 Å². The second-order valence-corrected chi connectivity index (χ2v) is 8.04. The Labute approximate surface area is 165 Å². The third kappa shape index (κ3) is 5.51. The molecule has 0 bridgehead atoms. The van der Waals surface area contributed by atoms with Crippen LogP contribution in [0, 0.1) is 10.4 Å². The molecule has 140 valence electrons. The summed E-state index contributed by atoms with van der Waals surface area (Å²) in [6.07, 6.45) is 3.88. The summed E-state index contributed by atoms with van der Waals surface area (Å²) < 4.78 is 7.45. The van der Waals surface area contributed by atoms with Crippen LogP contribution in [-0.4, -0.2) is 45.5 Å². The minimum atomic E-state index is -0.147. The highest BCUT2D eigenvalue weighted by Crippen LogP contribution is 2.32. The van der Waals surface area contributed by atoms with Crippen LogP contribution < -0.4 is 11.1 Å². The fraction of sp³-hybridized carbons (Fsp3) is 0.786. The highest BCUT2D eigenvalue weighted by molar-refractivity contribution is 14.1. The predicted octanol–water partition coefficient (Wildman–Crippen LogP) is 2.93. The van der Waals surface area contributed by atoms with Crippen LogP contribution in [0.25, 0.3) is 0 Å². The molecule has 11 heteroatoms. The first kappa shape index (κ1) is 20.4. The van der Waals surface area contributed by atoms with Gasteiger partial charge in [-0.15, -0.1) is 16.9 Å². The lowest BCUT2D eigenvalue weighted by atomic mass is 10.2. The number of nitrogens with zero attached hydrogens (tertiary/aromatic N) is 4. The average Bonchev–Trinajstić information content (AvgIpc) is 3.04. The molecule has 25 heavy (non-hydrogen) atoms. The van der Waals surface area contributed by atoms with Crippen molar-refractivity contribution in [1.29, 1.82) is 5.53 Å². The van der Waals surface area contributed by atoms with Gasteiger partial charge in [0.05, 0.1) is 35.6 Å². The van der Waals surface area contributed by atoms with E-state index in [0.717, 1.165) is 31.4 Å². The smallest absolute Gasteiger partial charge is 0.188 e. The van der Waals surface area contributed by atoms with Gasteiger partial charge in [-0.2, -0.15) is 4.91 Å². The third-order valence-corrected chi connectivity index (χ3v) is 6.59. The molecule has 0 aromatic heterocycles. The molecule has 1 saturated carbocycles. The van der Waals surface area contributed by atoms with Gasteiger partial charge < -0.3 is 15.8 Å². The summed E-state index contributed by atoms with van der Waals surface area (Å²) in [7, 11) is 0. The summed E-state index contributed by atoms with van der Waals surface area (Å²) in [5.74, 6) is 2.00. The third-order valence-electron chi connectivity index (χ3n) is 3.97. The molecule has 0 aromatic rings. The van der Waals surface area contributed by atoms with Gasteiger partial charge in [0.15, 0.2) is 17.2 Å². The molecular formula is C14H24IN7O2S. The highest BCUT2D eigenvalue weighted by Gasteiger charge is 2.32. The van der Waals surface area contributed by atoms with E-state index in [4.69, 9.17) is 21.0 Å². The van der Waals surface area contributed by atoms with Crippen LogP contribution >= 0.6 is 34.6 Å². The average molecular weight is 481 g/mol. The van der Waals surface area contributed by atoms with Crippen molar-refractivity contribution in [2.24, 2.45) is 21.0 Å². The zero-order valence-corrected chi connectivity index (χ0v) is 17.1. The van der Waals surface area contributed by atoms with Crippen molar-refractivity contribution in [3.63, 3.8) is 0 Å². The molecule has 0 aromatic carbocycles. The minimum Gasteiger partial charge on any atom is -0.393 e. The molecular weight excluding hydrogens is 457 g/mol.